The second kappa shape index (κ2) is 30.9. The standard InChI is InChI=1S/C26H48N2O2.C22H36N2O2/c1-5-21-17-27(18-22(21)6-2)25(29)15-13-11-9-10-12-14-16-26(30)28-19-23(7-3)24(8-4)20-28;1-6-11-12-13-14-15-20(21(25)23(16-7-2)17-8-3)22(26)24(18-9-4)19-10-5/h21-24H,5-20H2,1-4H3;7-10,20H,2-6,11-19H2,1H3. The van der Waals surface area contributed by atoms with Crippen molar-refractivity contribution in [2.75, 3.05) is 52.4 Å². The van der Waals surface area contributed by atoms with Crippen LogP contribution in [0.2, 0.25) is 0 Å². The molecule has 2 heterocycles. The maximum atomic E-state index is 13.0. The maximum Gasteiger partial charge on any atom is 0.235 e. The summed E-state index contributed by atoms with van der Waals surface area (Å²) in [5, 5.41) is 0. The van der Waals surface area contributed by atoms with Crippen molar-refractivity contribution in [1.82, 2.24) is 19.6 Å². The fourth-order valence-corrected chi connectivity index (χ4v) is 8.59. The third-order valence-electron chi connectivity index (χ3n) is 12.2. The molecule has 0 saturated carbocycles. The van der Waals surface area contributed by atoms with Gasteiger partial charge in [0.2, 0.25) is 23.6 Å². The van der Waals surface area contributed by atoms with Gasteiger partial charge < -0.3 is 19.6 Å². The molecule has 320 valence electrons. The lowest BCUT2D eigenvalue weighted by Gasteiger charge is -2.29. The molecule has 2 saturated heterocycles. The number of likely N-dealkylation sites (tertiary alicyclic amines) is 2. The van der Waals surface area contributed by atoms with Crippen LogP contribution in [0.4, 0.5) is 0 Å². The van der Waals surface area contributed by atoms with Gasteiger partial charge in [0, 0.05) is 65.2 Å². The quantitative estimate of drug-likeness (QED) is 0.0430. The molecule has 2 aliphatic rings. The highest BCUT2D eigenvalue weighted by Gasteiger charge is 2.34. The molecule has 0 N–H and O–H groups in total. The average Bonchev–Trinajstić information content (AvgIpc) is 3.84. The average molecular weight is 781 g/mol. The van der Waals surface area contributed by atoms with Crippen LogP contribution in [0.15, 0.2) is 50.6 Å². The lowest BCUT2D eigenvalue weighted by Crippen LogP contribution is -2.45. The zero-order valence-corrected chi connectivity index (χ0v) is 36.8. The molecule has 8 heteroatoms. The van der Waals surface area contributed by atoms with E-state index in [0.717, 1.165) is 84.0 Å². The van der Waals surface area contributed by atoms with Crippen molar-refractivity contribution in [2.24, 2.45) is 29.6 Å². The second-order valence-corrected chi connectivity index (χ2v) is 16.3. The molecular formula is C48H84N4O4. The minimum absolute atomic E-state index is 0.150. The van der Waals surface area contributed by atoms with E-state index in [0.29, 0.717) is 68.1 Å². The molecule has 4 unspecified atom stereocenters. The zero-order valence-electron chi connectivity index (χ0n) is 36.8. The number of nitrogens with zero attached hydrogens (tertiary/aromatic N) is 4. The van der Waals surface area contributed by atoms with Crippen LogP contribution >= 0.6 is 0 Å². The number of rotatable bonds is 29. The summed E-state index contributed by atoms with van der Waals surface area (Å²) in [5.74, 6) is 2.62. The lowest BCUT2D eigenvalue weighted by atomic mass is 9.92. The second-order valence-electron chi connectivity index (χ2n) is 16.3. The largest absolute Gasteiger partial charge is 0.342 e. The van der Waals surface area contributed by atoms with Crippen LogP contribution in [0, 0.1) is 29.6 Å². The topological polar surface area (TPSA) is 81.2 Å². The van der Waals surface area contributed by atoms with Gasteiger partial charge in [0.25, 0.3) is 0 Å². The molecule has 0 aromatic carbocycles. The van der Waals surface area contributed by atoms with Crippen LogP contribution in [-0.2, 0) is 19.2 Å². The van der Waals surface area contributed by atoms with E-state index in [4.69, 9.17) is 0 Å². The smallest absolute Gasteiger partial charge is 0.235 e. The van der Waals surface area contributed by atoms with Crippen LogP contribution in [0.25, 0.3) is 0 Å². The summed E-state index contributed by atoms with van der Waals surface area (Å²) >= 11 is 0. The molecule has 4 atom stereocenters. The number of hydrogen-bond donors (Lipinski definition) is 0. The van der Waals surface area contributed by atoms with E-state index in [2.05, 4.69) is 70.7 Å². The van der Waals surface area contributed by atoms with Gasteiger partial charge in [-0.1, -0.05) is 142 Å². The van der Waals surface area contributed by atoms with E-state index in [-0.39, 0.29) is 11.8 Å². The van der Waals surface area contributed by atoms with E-state index >= 15 is 0 Å². The van der Waals surface area contributed by atoms with Gasteiger partial charge >= 0.3 is 0 Å². The highest BCUT2D eigenvalue weighted by molar-refractivity contribution is 6.00. The third kappa shape index (κ3) is 18.4. The highest BCUT2D eigenvalue weighted by atomic mass is 16.2. The molecule has 56 heavy (non-hydrogen) atoms. The number of carbonyl (C=O) groups excluding carboxylic acids is 4. The normalized spacial score (nSPS) is 19.0. The van der Waals surface area contributed by atoms with Crippen LogP contribution in [0.1, 0.15) is 150 Å². The lowest BCUT2D eigenvalue weighted by molar-refractivity contribution is -0.146. The molecule has 2 fully saturated rings. The van der Waals surface area contributed by atoms with Crippen molar-refractivity contribution >= 4 is 23.6 Å². The predicted molar refractivity (Wildman–Crippen MR) is 236 cm³/mol. The Morgan fingerprint density at radius 1 is 0.500 bits per heavy atom. The Kier molecular flexibility index (Phi) is 28.1. The molecule has 0 aliphatic carbocycles. The van der Waals surface area contributed by atoms with Gasteiger partial charge in [-0.3, -0.25) is 19.2 Å². The Balaban J connectivity index is 0.000000567. The van der Waals surface area contributed by atoms with Crippen molar-refractivity contribution in [3.05, 3.63) is 50.6 Å². The molecule has 0 radical (unpaired) electrons. The minimum Gasteiger partial charge on any atom is -0.342 e. The summed E-state index contributed by atoms with van der Waals surface area (Å²) in [7, 11) is 0. The number of hydrogen-bond acceptors (Lipinski definition) is 4. The minimum atomic E-state index is -0.670. The molecule has 4 amide bonds. The third-order valence-corrected chi connectivity index (χ3v) is 12.2. The summed E-state index contributed by atoms with van der Waals surface area (Å²) in [4.78, 5) is 58.5. The fraction of sp³-hybridized carbons (Fsp3) is 0.750. The van der Waals surface area contributed by atoms with Crippen molar-refractivity contribution in [3.8, 4) is 0 Å². The Bertz CT molecular complexity index is 1040. The van der Waals surface area contributed by atoms with E-state index < -0.39 is 5.92 Å². The summed E-state index contributed by atoms with van der Waals surface area (Å²) in [6.07, 6.45) is 25.6. The predicted octanol–water partition coefficient (Wildman–Crippen LogP) is 10.3. The summed E-state index contributed by atoms with van der Waals surface area (Å²) < 4.78 is 0. The fourth-order valence-electron chi connectivity index (χ4n) is 8.59. The van der Waals surface area contributed by atoms with Crippen molar-refractivity contribution in [3.63, 3.8) is 0 Å². The van der Waals surface area contributed by atoms with Crippen LogP contribution < -0.4 is 0 Å². The van der Waals surface area contributed by atoms with Crippen molar-refractivity contribution in [1.29, 1.82) is 0 Å². The van der Waals surface area contributed by atoms with Gasteiger partial charge in [-0.15, -0.1) is 26.3 Å². The van der Waals surface area contributed by atoms with Crippen LogP contribution in [-0.4, -0.2) is 95.6 Å². The van der Waals surface area contributed by atoms with Crippen molar-refractivity contribution in [2.45, 2.75) is 150 Å². The zero-order chi connectivity index (χ0) is 41.7. The van der Waals surface area contributed by atoms with Gasteiger partial charge in [-0.2, -0.15) is 0 Å². The van der Waals surface area contributed by atoms with E-state index in [1.54, 1.807) is 34.1 Å². The SMILES string of the molecule is C=CCN(CC=C)C(=O)C(CCCCCCC)C(=O)N(CC=C)CC=C.CCC1CN(C(=O)CCCCCCCCC(=O)N2CC(CC)C(CC)C2)CC1CC. The van der Waals surface area contributed by atoms with Crippen LogP contribution in [0.3, 0.4) is 0 Å². The molecular weight excluding hydrogens is 697 g/mol. The van der Waals surface area contributed by atoms with E-state index in [1.165, 1.54) is 51.4 Å². The molecule has 0 aromatic heterocycles. The molecule has 2 rings (SSSR count). The van der Waals surface area contributed by atoms with E-state index in [1.807, 2.05) is 0 Å². The van der Waals surface area contributed by atoms with Crippen molar-refractivity contribution < 1.29 is 19.2 Å². The monoisotopic (exact) mass is 781 g/mol. The van der Waals surface area contributed by atoms with Gasteiger partial charge in [-0.25, -0.2) is 0 Å². The molecule has 8 nitrogen and oxygen atoms in total. The summed E-state index contributed by atoms with van der Waals surface area (Å²) in [6.45, 7) is 31.6. The van der Waals surface area contributed by atoms with Gasteiger partial charge in [0.15, 0.2) is 0 Å². The molecule has 0 bridgehead atoms. The molecule has 0 aromatic rings. The van der Waals surface area contributed by atoms with Gasteiger partial charge in [-0.05, 0) is 42.9 Å². The summed E-state index contributed by atoms with van der Waals surface area (Å²) in [6, 6.07) is 0. The van der Waals surface area contributed by atoms with Crippen LogP contribution in [0.5, 0.6) is 0 Å². The van der Waals surface area contributed by atoms with Gasteiger partial charge in [0.05, 0.1) is 0 Å². The first kappa shape index (κ1) is 50.9. The first-order chi connectivity index (χ1) is 27.1. The first-order valence-electron chi connectivity index (χ1n) is 22.7. The number of carbonyl (C=O) groups is 4. The number of amides is 4. The number of unbranched alkanes of at least 4 members (excludes halogenated alkanes) is 9. The molecule has 2 aliphatic heterocycles. The summed E-state index contributed by atoms with van der Waals surface area (Å²) in [5.41, 5.74) is 0. The van der Waals surface area contributed by atoms with Gasteiger partial charge in [0.1, 0.15) is 5.92 Å². The first-order valence-corrected chi connectivity index (χ1v) is 22.7. The Morgan fingerprint density at radius 3 is 1.11 bits per heavy atom. The Hall–Kier alpha value is -3.16. The molecule has 0 spiro atoms. The highest BCUT2D eigenvalue weighted by Crippen LogP contribution is 2.30. The Morgan fingerprint density at radius 2 is 0.804 bits per heavy atom. The Labute approximate surface area is 344 Å². The maximum absolute atomic E-state index is 13.0. The van der Waals surface area contributed by atoms with E-state index in [9.17, 15) is 19.2 Å².